The molecule has 0 N–H and O–H groups in total. The van der Waals surface area contributed by atoms with E-state index in [1.165, 1.54) is 0 Å². The molecule has 0 aromatic carbocycles. The number of rotatable bonds is 4. The first-order valence-corrected chi connectivity index (χ1v) is 8.42. The van der Waals surface area contributed by atoms with Crippen molar-refractivity contribution in [2.45, 2.75) is 31.5 Å². The fraction of sp³-hybridized carbons (Fsp3) is 1.00. The van der Waals surface area contributed by atoms with Crippen LogP contribution < -0.4 is 0 Å². The van der Waals surface area contributed by atoms with Gasteiger partial charge in [0.15, 0.2) is 8.38 Å². The molecule has 2 aliphatic heterocycles. The zero-order chi connectivity index (χ0) is 12.3. The number of nitrogens with zero attached hydrogens (tertiary/aromatic N) is 1. The van der Waals surface area contributed by atoms with Crippen molar-refractivity contribution >= 4 is 16.9 Å². The third-order valence-electron chi connectivity index (χ3n) is 2.72. The molecule has 2 fully saturated rings. The molecule has 2 saturated heterocycles. The predicted octanol–water partition coefficient (Wildman–Crippen LogP) is 2.72. The summed E-state index contributed by atoms with van der Waals surface area (Å²) in [5, 5.41) is 0. The van der Waals surface area contributed by atoms with Gasteiger partial charge in [-0.25, -0.2) is 4.67 Å². The molecule has 0 amide bonds. The van der Waals surface area contributed by atoms with Gasteiger partial charge in [-0.05, 0) is 33.9 Å². The second-order valence-corrected chi connectivity index (χ2v) is 7.77. The van der Waals surface area contributed by atoms with Crippen molar-refractivity contribution in [3.8, 4) is 0 Å². The third-order valence-corrected chi connectivity index (χ3v) is 6.28. The average molecular weight is 281 g/mol. The van der Waals surface area contributed by atoms with Crippen molar-refractivity contribution in [3.05, 3.63) is 0 Å². The Bertz CT molecular complexity index is 242. The molecule has 17 heavy (non-hydrogen) atoms. The zero-order valence-electron chi connectivity index (χ0n) is 10.7. The molecule has 0 bridgehead atoms. The summed E-state index contributed by atoms with van der Waals surface area (Å²) in [5.41, 5.74) is 0.367. The summed E-state index contributed by atoms with van der Waals surface area (Å²) in [5.74, 6) is 0. The van der Waals surface area contributed by atoms with Crippen LogP contribution in [0, 0.1) is 0 Å². The molecule has 2 rings (SSSR count). The van der Waals surface area contributed by atoms with E-state index in [2.05, 4.69) is 0 Å². The maximum Gasteiger partial charge on any atom is 0.258 e. The first-order chi connectivity index (χ1) is 8.22. The molecule has 0 aliphatic carbocycles. The predicted molar refractivity (Wildman–Crippen MR) is 69.0 cm³/mol. The van der Waals surface area contributed by atoms with Gasteiger partial charge >= 0.3 is 0 Å². The number of hydrogen-bond acceptors (Lipinski definition) is 5. The molecule has 0 aromatic rings. The molecule has 5 nitrogen and oxygen atoms in total. The maximum absolute atomic E-state index is 5.96. The Hall–Kier alpha value is 0.660. The highest BCUT2D eigenvalue weighted by atomic mass is 31.2. The lowest BCUT2D eigenvalue weighted by Gasteiger charge is -2.32. The van der Waals surface area contributed by atoms with Crippen molar-refractivity contribution in [1.29, 1.82) is 0 Å². The summed E-state index contributed by atoms with van der Waals surface area (Å²) in [4.78, 5) is 0. The zero-order valence-corrected chi connectivity index (χ0v) is 12.5. The molecule has 2 heterocycles. The van der Waals surface area contributed by atoms with Crippen LogP contribution in [0.5, 0.6) is 0 Å². The first-order valence-electron chi connectivity index (χ1n) is 6.04. The van der Waals surface area contributed by atoms with Gasteiger partial charge in [-0.3, -0.25) is 0 Å². The van der Waals surface area contributed by atoms with Gasteiger partial charge in [0, 0.05) is 0 Å². The summed E-state index contributed by atoms with van der Waals surface area (Å²) in [6, 6.07) is 0. The normalized spacial score (nSPS) is 38.8. The highest BCUT2D eigenvalue weighted by Crippen LogP contribution is 2.56. The smallest absolute Gasteiger partial charge is 0.258 e. The minimum absolute atomic E-state index is 0.140. The largest absolute Gasteiger partial charge is 0.334 e. The Balaban J connectivity index is 1.91. The Kier molecular flexibility index (Phi) is 5.56. The molecule has 0 spiro atoms. The van der Waals surface area contributed by atoms with Crippen molar-refractivity contribution in [2.24, 2.45) is 0 Å². The molecule has 4 atom stereocenters. The number of hydrogen-bond donors (Lipinski definition) is 0. The minimum Gasteiger partial charge on any atom is -0.334 e. The van der Waals surface area contributed by atoms with Gasteiger partial charge in [-0.1, -0.05) is 0 Å². The van der Waals surface area contributed by atoms with E-state index >= 15 is 0 Å². The van der Waals surface area contributed by atoms with Gasteiger partial charge < -0.3 is 18.1 Å². The van der Waals surface area contributed by atoms with Crippen molar-refractivity contribution in [2.75, 3.05) is 33.9 Å². The fourth-order valence-corrected chi connectivity index (χ4v) is 5.06. The first kappa shape index (κ1) is 14.1. The quantitative estimate of drug-likeness (QED) is 0.741. The molecule has 7 heteroatoms. The van der Waals surface area contributed by atoms with Crippen molar-refractivity contribution in [3.63, 3.8) is 0 Å². The molecule has 0 saturated carbocycles. The van der Waals surface area contributed by atoms with E-state index in [1.54, 1.807) is 0 Å². The van der Waals surface area contributed by atoms with Gasteiger partial charge in [-0.2, -0.15) is 0 Å². The Morgan fingerprint density at radius 1 is 1.35 bits per heavy atom. The van der Waals surface area contributed by atoms with Gasteiger partial charge in [-0.15, -0.1) is 0 Å². The van der Waals surface area contributed by atoms with Crippen LogP contribution in [0.2, 0.25) is 0 Å². The van der Waals surface area contributed by atoms with E-state index in [-0.39, 0.29) is 6.10 Å². The Morgan fingerprint density at radius 3 is 2.82 bits per heavy atom. The van der Waals surface area contributed by atoms with Gasteiger partial charge in [0.25, 0.3) is 8.53 Å². The van der Waals surface area contributed by atoms with E-state index in [0.29, 0.717) is 18.9 Å². The highest BCUT2D eigenvalue weighted by Gasteiger charge is 2.41. The maximum atomic E-state index is 5.96. The van der Waals surface area contributed by atoms with Crippen LogP contribution in [0.3, 0.4) is 0 Å². The van der Waals surface area contributed by atoms with Crippen LogP contribution in [-0.2, 0) is 18.1 Å². The van der Waals surface area contributed by atoms with Gasteiger partial charge in [0.2, 0.25) is 0 Å². The van der Waals surface area contributed by atoms with E-state index < -0.39 is 16.9 Å². The summed E-state index contributed by atoms with van der Waals surface area (Å²) >= 11 is 0. The van der Waals surface area contributed by atoms with Crippen LogP contribution >= 0.6 is 16.9 Å². The van der Waals surface area contributed by atoms with Crippen molar-refractivity contribution < 1.29 is 18.1 Å². The van der Waals surface area contributed by atoms with Crippen LogP contribution in [-0.4, -0.2) is 50.3 Å². The topological polar surface area (TPSA) is 40.2 Å². The molecule has 0 aromatic heterocycles. The van der Waals surface area contributed by atoms with Crippen LogP contribution in [0.4, 0.5) is 0 Å². The standard InChI is InChI=1S/C10H21NO4P2/c1-4-12-16-10(6-5-7-13-16)9-8-14-17(15-9)11(2)3/h9-10H,4-8H2,1-3H3. The average Bonchev–Trinajstić information content (AvgIpc) is 2.79. The van der Waals surface area contributed by atoms with Crippen molar-refractivity contribution in [1.82, 2.24) is 4.67 Å². The minimum atomic E-state index is -0.864. The SMILES string of the molecule is CCOP1OCCCC1C1COP(N(C)C)O1. The Morgan fingerprint density at radius 2 is 2.18 bits per heavy atom. The fourth-order valence-electron chi connectivity index (χ4n) is 1.94. The molecular formula is C10H21NO4P2. The molecular weight excluding hydrogens is 260 g/mol. The van der Waals surface area contributed by atoms with Crippen LogP contribution in [0.25, 0.3) is 0 Å². The lowest BCUT2D eigenvalue weighted by atomic mass is 10.1. The van der Waals surface area contributed by atoms with Gasteiger partial charge in [0.05, 0.1) is 25.5 Å². The Labute approximate surface area is 106 Å². The molecule has 0 radical (unpaired) electrons. The third kappa shape index (κ3) is 3.57. The second-order valence-electron chi connectivity index (χ2n) is 4.27. The molecule has 4 unspecified atom stereocenters. The van der Waals surface area contributed by atoms with E-state index in [1.807, 2.05) is 25.7 Å². The molecule has 100 valence electrons. The van der Waals surface area contributed by atoms with E-state index in [9.17, 15) is 0 Å². The van der Waals surface area contributed by atoms with Crippen LogP contribution in [0.1, 0.15) is 19.8 Å². The monoisotopic (exact) mass is 281 g/mol. The van der Waals surface area contributed by atoms with E-state index in [4.69, 9.17) is 18.1 Å². The summed E-state index contributed by atoms with van der Waals surface area (Å²) in [6.07, 6.45) is 2.36. The highest BCUT2D eigenvalue weighted by molar-refractivity contribution is 7.48. The summed E-state index contributed by atoms with van der Waals surface area (Å²) in [6.45, 7) is 4.20. The van der Waals surface area contributed by atoms with Crippen LogP contribution in [0.15, 0.2) is 0 Å². The summed E-state index contributed by atoms with van der Waals surface area (Å²) < 4.78 is 25.1. The van der Waals surface area contributed by atoms with Gasteiger partial charge in [0.1, 0.15) is 6.10 Å². The second kappa shape index (κ2) is 6.72. The lowest BCUT2D eigenvalue weighted by Crippen LogP contribution is -2.30. The lowest BCUT2D eigenvalue weighted by molar-refractivity contribution is 0.166. The molecule has 2 aliphatic rings. The summed E-state index contributed by atoms with van der Waals surface area (Å²) in [7, 11) is 2.30. The van der Waals surface area contributed by atoms with E-state index in [0.717, 1.165) is 19.4 Å².